The SMILES string of the molecule is CN(C)c1ccc(-c2ccc(C#N)c(C(F)(F)F)c2)cc1. The number of hydrogen-bond acceptors (Lipinski definition) is 2. The molecular formula is C16H13F3N2. The van der Waals surface area contributed by atoms with Crippen molar-refractivity contribution in [1.82, 2.24) is 0 Å². The van der Waals surface area contributed by atoms with Crippen molar-refractivity contribution in [3.05, 3.63) is 53.6 Å². The summed E-state index contributed by atoms with van der Waals surface area (Å²) in [5.41, 5.74) is 0.806. The Hall–Kier alpha value is -2.48. The molecule has 0 radical (unpaired) electrons. The molecule has 2 aromatic carbocycles. The maximum absolute atomic E-state index is 12.9. The van der Waals surface area contributed by atoms with Gasteiger partial charge < -0.3 is 4.90 Å². The molecule has 2 rings (SSSR count). The van der Waals surface area contributed by atoms with Crippen molar-refractivity contribution in [2.75, 3.05) is 19.0 Å². The van der Waals surface area contributed by atoms with Crippen LogP contribution in [0.3, 0.4) is 0 Å². The Labute approximate surface area is 121 Å². The fraction of sp³-hybridized carbons (Fsp3) is 0.188. The molecule has 0 heterocycles. The van der Waals surface area contributed by atoms with Gasteiger partial charge >= 0.3 is 6.18 Å². The van der Waals surface area contributed by atoms with Gasteiger partial charge in [-0.25, -0.2) is 0 Å². The van der Waals surface area contributed by atoms with E-state index in [0.717, 1.165) is 11.8 Å². The highest BCUT2D eigenvalue weighted by Crippen LogP contribution is 2.35. The molecule has 0 amide bonds. The summed E-state index contributed by atoms with van der Waals surface area (Å²) in [4.78, 5) is 1.91. The van der Waals surface area contributed by atoms with Gasteiger partial charge in [0.2, 0.25) is 0 Å². The highest BCUT2D eigenvalue weighted by Gasteiger charge is 2.33. The Bertz CT molecular complexity index is 680. The Balaban J connectivity index is 2.48. The van der Waals surface area contributed by atoms with Crippen molar-refractivity contribution in [1.29, 1.82) is 5.26 Å². The van der Waals surface area contributed by atoms with Crippen molar-refractivity contribution in [3.8, 4) is 17.2 Å². The fourth-order valence-corrected chi connectivity index (χ4v) is 2.01. The highest BCUT2D eigenvalue weighted by molar-refractivity contribution is 5.68. The van der Waals surface area contributed by atoms with Crippen LogP contribution in [-0.4, -0.2) is 14.1 Å². The molecule has 0 atom stereocenters. The normalized spacial score (nSPS) is 11.0. The van der Waals surface area contributed by atoms with E-state index in [4.69, 9.17) is 5.26 Å². The third kappa shape index (κ3) is 3.16. The van der Waals surface area contributed by atoms with Gasteiger partial charge in [-0.2, -0.15) is 18.4 Å². The minimum Gasteiger partial charge on any atom is -0.378 e. The van der Waals surface area contributed by atoms with Gasteiger partial charge in [0, 0.05) is 19.8 Å². The largest absolute Gasteiger partial charge is 0.417 e. The van der Waals surface area contributed by atoms with E-state index in [-0.39, 0.29) is 5.56 Å². The van der Waals surface area contributed by atoms with Crippen LogP contribution in [0.5, 0.6) is 0 Å². The molecular weight excluding hydrogens is 277 g/mol. The summed E-state index contributed by atoms with van der Waals surface area (Å²) in [6, 6.07) is 12.5. The van der Waals surface area contributed by atoms with Gasteiger partial charge in [0.15, 0.2) is 0 Å². The van der Waals surface area contributed by atoms with Crippen LogP contribution in [0.1, 0.15) is 11.1 Å². The molecule has 0 N–H and O–H groups in total. The van der Waals surface area contributed by atoms with Crippen LogP contribution in [-0.2, 0) is 6.18 Å². The molecule has 0 saturated heterocycles. The molecule has 2 nitrogen and oxygen atoms in total. The monoisotopic (exact) mass is 290 g/mol. The summed E-state index contributed by atoms with van der Waals surface area (Å²) in [5.74, 6) is 0. The Kier molecular flexibility index (Phi) is 3.90. The van der Waals surface area contributed by atoms with E-state index >= 15 is 0 Å². The first-order valence-corrected chi connectivity index (χ1v) is 6.22. The molecule has 0 aromatic heterocycles. The van der Waals surface area contributed by atoms with E-state index in [2.05, 4.69) is 0 Å². The molecule has 0 aliphatic carbocycles. The second-order valence-corrected chi connectivity index (χ2v) is 4.81. The van der Waals surface area contributed by atoms with Crippen LogP contribution < -0.4 is 4.90 Å². The predicted molar refractivity (Wildman–Crippen MR) is 75.9 cm³/mol. The van der Waals surface area contributed by atoms with Gasteiger partial charge in [0.1, 0.15) is 0 Å². The number of benzene rings is 2. The average Bonchev–Trinajstić information content (AvgIpc) is 2.45. The van der Waals surface area contributed by atoms with Gasteiger partial charge in [0.05, 0.1) is 17.2 Å². The van der Waals surface area contributed by atoms with Gasteiger partial charge in [-0.1, -0.05) is 18.2 Å². The molecule has 0 saturated carbocycles. The van der Waals surface area contributed by atoms with Gasteiger partial charge in [0.25, 0.3) is 0 Å². The number of halogens is 3. The average molecular weight is 290 g/mol. The molecule has 0 unspecified atom stereocenters. The van der Waals surface area contributed by atoms with E-state index in [1.54, 1.807) is 18.2 Å². The maximum Gasteiger partial charge on any atom is 0.417 e. The minimum atomic E-state index is -4.54. The van der Waals surface area contributed by atoms with Gasteiger partial charge in [-0.15, -0.1) is 0 Å². The second kappa shape index (κ2) is 5.49. The second-order valence-electron chi connectivity index (χ2n) is 4.81. The maximum atomic E-state index is 12.9. The number of anilines is 1. The summed E-state index contributed by atoms with van der Waals surface area (Å²) >= 11 is 0. The topological polar surface area (TPSA) is 27.0 Å². The summed E-state index contributed by atoms with van der Waals surface area (Å²) < 4.78 is 38.8. The summed E-state index contributed by atoms with van der Waals surface area (Å²) in [5, 5.41) is 8.79. The van der Waals surface area contributed by atoms with E-state index in [9.17, 15) is 13.2 Å². The van der Waals surface area contributed by atoms with Crippen molar-refractivity contribution in [2.24, 2.45) is 0 Å². The third-order valence-electron chi connectivity index (χ3n) is 3.16. The van der Waals surface area contributed by atoms with Crippen LogP contribution in [0.2, 0.25) is 0 Å². The Morgan fingerprint density at radius 3 is 2.00 bits per heavy atom. The molecule has 108 valence electrons. The van der Waals surface area contributed by atoms with Crippen molar-refractivity contribution >= 4 is 5.69 Å². The lowest BCUT2D eigenvalue weighted by molar-refractivity contribution is -0.137. The number of alkyl halides is 3. The summed E-state index contributed by atoms with van der Waals surface area (Å²) in [6.07, 6.45) is -4.54. The zero-order valence-corrected chi connectivity index (χ0v) is 11.6. The molecule has 0 spiro atoms. The molecule has 2 aromatic rings. The van der Waals surface area contributed by atoms with E-state index in [0.29, 0.717) is 11.1 Å². The smallest absolute Gasteiger partial charge is 0.378 e. The van der Waals surface area contributed by atoms with Crippen LogP contribution in [0.4, 0.5) is 18.9 Å². The van der Waals surface area contributed by atoms with Crippen LogP contribution >= 0.6 is 0 Å². The molecule has 0 fully saturated rings. The standard InChI is InChI=1S/C16H13F3N2/c1-21(2)14-7-5-11(6-8-14)12-3-4-13(10-20)15(9-12)16(17,18)19/h3-9H,1-2H3. The quantitative estimate of drug-likeness (QED) is 0.824. The number of rotatable bonds is 2. The molecule has 5 heteroatoms. The van der Waals surface area contributed by atoms with Crippen LogP contribution in [0.15, 0.2) is 42.5 Å². The number of hydrogen-bond donors (Lipinski definition) is 0. The first-order chi connectivity index (χ1) is 9.82. The van der Waals surface area contributed by atoms with Crippen molar-refractivity contribution in [3.63, 3.8) is 0 Å². The van der Waals surface area contributed by atoms with E-state index in [1.165, 1.54) is 12.1 Å². The lowest BCUT2D eigenvalue weighted by Crippen LogP contribution is -2.08. The molecule has 0 aliphatic rings. The number of nitrogens with zero attached hydrogens (tertiary/aromatic N) is 2. The van der Waals surface area contributed by atoms with Crippen LogP contribution in [0, 0.1) is 11.3 Å². The lowest BCUT2D eigenvalue weighted by Gasteiger charge is -2.14. The van der Waals surface area contributed by atoms with E-state index < -0.39 is 11.7 Å². The summed E-state index contributed by atoms with van der Waals surface area (Å²) in [6.45, 7) is 0. The van der Waals surface area contributed by atoms with E-state index in [1.807, 2.05) is 31.1 Å². The summed E-state index contributed by atoms with van der Waals surface area (Å²) in [7, 11) is 3.77. The minimum absolute atomic E-state index is 0.365. The molecule has 0 aliphatic heterocycles. The number of nitriles is 1. The lowest BCUT2D eigenvalue weighted by atomic mass is 9.99. The van der Waals surface area contributed by atoms with Crippen molar-refractivity contribution < 1.29 is 13.2 Å². The van der Waals surface area contributed by atoms with Crippen LogP contribution in [0.25, 0.3) is 11.1 Å². The first kappa shape index (κ1) is 14.9. The molecule has 0 bridgehead atoms. The highest BCUT2D eigenvalue weighted by atomic mass is 19.4. The molecule has 21 heavy (non-hydrogen) atoms. The Morgan fingerprint density at radius 2 is 1.52 bits per heavy atom. The zero-order chi connectivity index (χ0) is 15.6. The Morgan fingerprint density at radius 1 is 0.952 bits per heavy atom. The van der Waals surface area contributed by atoms with Gasteiger partial charge in [-0.05, 0) is 35.4 Å². The van der Waals surface area contributed by atoms with Crippen molar-refractivity contribution in [2.45, 2.75) is 6.18 Å². The first-order valence-electron chi connectivity index (χ1n) is 6.22. The fourth-order valence-electron chi connectivity index (χ4n) is 2.01. The zero-order valence-electron chi connectivity index (χ0n) is 11.6. The van der Waals surface area contributed by atoms with Gasteiger partial charge in [-0.3, -0.25) is 0 Å². The third-order valence-corrected chi connectivity index (χ3v) is 3.16. The predicted octanol–water partition coefficient (Wildman–Crippen LogP) is 4.31.